The van der Waals surface area contributed by atoms with Crippen LogP contribution in [-0.2, 0) is 11.1 Å². The van der Waals surface area contributed by atoms with Crippen LogP contribution in [0.1, 0.15) is 56.2 Å². The lowest BCUT2D eigenvalue weighted by Gasteiger charge is -2.17. The van der Waals surface area contributed by atoms with Crippen LogP contribution in [0.25, 0.3) is 0 Å². The van der Waals surface area contributed by atoms with Gasteiger partial charge >= 0.3 is 0 Å². The third-order valence-electron chi connectivity index (χ3n) is 2.36. The van der Waals surface area contributed by atoms with Crippen molar-refractivity contribution in [2.75, 3.05) is 0 Å². The summed E-state index contributed by atoms with van der Waals surface area (Å²) < 4.78 is 10.6. The van der Waals surface area contributed by atoms with Gasteiger partial charge in [0.1, 0.15) is 12.2 Å². The molecule has 0 aliphatic rings. The Bertz CT molecular complexity index is 494. The molecule has 0 aliphatic heterocycles. The van der Waals surface area contributed by atoms with Gasteiger partial charge < -0.3 is 0 Å². The van der Waals surface area contributed by atoms with Gasteiger partial charge in [0, 0.05) is 6.20 Å². The van der Waals surface area contributed by atoms with Gasteiger partial charge in [-0.2, -0.15) is 5.10 Å². The number of aromatic nitrogens is 6. The summed E-state index contributed by atoms with van der Waals surface area (Å²) in [6.45, 7) is 14.2. The molecule has 0 bridgehead atoms. The first-order chi connectivity index (χ1) is 9.00. The van der Waals surface area contributed by atoms with Gasteiger partial charge in [-0.25, -0.2) is 14.3 Å². The smallest absolute Gasteiger partial charge is 0.147 e. The summed E-state index contributed by atoms with van der Waals surface area (Å²) in [6.07, 6.45) is 3.59. The zero-order valence-corrected chi connectivity index (χ0v) is 12.8. The Morgan fingerprint density at radius 2 is 1.60 bits per heavy atom. The highest BCUT2D eigenvalue weighted by molar-refractivity contribution is 4.80. The highest BCUT2D eigenvalue weighted by atomic mass is 15.4. The molecule has 0 N–H and O–H groups in total. The van der Waals surface area contributed by atoms with E-state index in [-0.39, 0.29) is 24.7 Å². The van der Waals surface area contributed by atoms with Crippen LogP contribution in [0.2, 0.25) is 0 Å². The van der Waals surface area contributed by atoms with Crippen LogP contribution < -0.4 is 0 Å². The minimum atomic E-state index is -0.0632. The van der Waals surface area contributed by atoms with Gasteiger partial charge in [0.2, 0.25) is 0 Å². The molecule has 114 valence electrons. The van der Waals surface area contributed by atoms with Gasteiger partial charge in [-0.3, -0.25) is 0 Å². The van der Waals surface area contributed by atoms with E-state index < -0.39 is 0 Å². The Labute approximate surface area is 123 Å². The van der Waals surface area contributed by atoms with Crippen molar-refractivity contribution in [2.24, 2.45) is 0 Å². The monoisotopic (exact) mass is 281 g/mol. The van der Waals surface area contributed by atoms with Crippen molar-refractivity contribution in [1.29, 1.82) is 0 Å². The first-order valence-electron chi connectivity index (χ1n) is 6.78. The predicted octanol–water partition coefficient (Wildman–Crippen LogP) is 3.01. The molecule has 6 nitrogen and oxygen atoms in total. The van der Waals surface area contributed by atoms with E-state index in [4.69, 9.17) is 1.37 Å². The van der Waals surface area contributed by atoms with Gasteiger partial charge in [0.05, 0.1) is 18.6 Å². The Balaban J connectivity index is 0.000000364. The van der Waals surface area contributed by atoms with E-state index in [0.717, 1.165) is 5.82 Å². The molecule has 20 heavy (non-hydrogen) atoms. The Kier molecular flexibility index (Phi) is 5.42. The number of hydrogen-bond acceptors (Lipinski definition) is 4. The van der Waals surface area contributed by atoms with Crippen molar-refractivity contribution in [1.82, 2.24) is 29.8 Å². The first kappa shape index (κ1) is 16.3. The quantitative estimate of drug-likeness (QED) is 0.744. The van der Waals surface area contributed by atoms with Crippen molar-refractivity contribution in [3.8, 4) is 0 Å². The van der Waals surface area contributed by atoms with Gasteiger partial charge in [-0.05, 0) is 48.5 Å². The van der Waals surface area contributed by atoms with Crippen LogP contribution in [0.3, 0.4) is 0 Å². The van der Waals surface area contributed by atoms with Crippen molar-refractivity contribution in [3.05, 3.63) is 24.5 Å². The lowest BCUT2D eigenvalue weighted by molar-refractivity contribution is 0.347. The first-order valence-corrected chi connectivity index (χ1v) is 6.28. The van der Waals surface area contributed by atoms with Crippen LogP contribution >= 0.6 is 0 Å². The van der Waals surface area contributed by atoms with Gasteiger partial charge in [0.15, 0.2) is 0 Å². The number of nitrogens with zero attached hydrogens (tertiary/aromatic N) is 6. The maximum absolute atomic E-state index is 7.10. The van der Waals surface area contributed by atoms with E-state index in [0.29, 0.717) is 0 Å². The lowest BCUT2D eigenvalue weighted by Crippen LogP contribution is -2.22. The van der Waals surface area contributed by atoms with E-state index in [2.05, 4.69) is 41.2 Å². The summed E-state index contributed by atoms with van der Waals surface area (Å²) in [5.41, 5.74) is -0.00639. The molecule has 0 amide bonds. The van der Waals surface area contributed by atoms with Crippen molar-refractivity contribution in [2.45, 2.75) is 67.0 Å². The normalized spacial score (nSPS) is 12.1. The average Bonchev–Trinajstić information content (AvgIpc) is 2.85. The van der Waals surface area contributed by atoms with E-state index in [9.17, 15) is 0 Å². The molecule has 2 aromatic heterocycles. The maximum atomic E-state index is 7.10. The standard InChI is InChI=1S/C7H13N3.C6H11N3.CH4/c1-6-8-5-10(9-6)7(2,3)4;1-6(2,3)9-5-4-7-8-9;/h5H,1-4H3;4-5H,1-3H3;1H4/i;4D;. The average molecular weight is 281 g/mol. The summed E-state index contributed by atoms with van der Waals surface area (Å²) in [5, 5.41) is 11.5. The van der Waals surface area contributed by atoms with E-state index >= 15 is 0 Å². The molecule has 0 aromatic carbocycles. The third kappa shape index (κ3) is 5.50. The molecule has 0 spiro atoms. The maximum Gasteiger partial charge on any atom is 0.147 e. The summed E-state index contributed by atoms with van der Waals surface area (Å²) >= 11 is 0. The van der Waals surface area contributed by atoms with E-state index in [1.54, 1.807) is 17.2 Å². The van der Waals surface area contributed by atoms with Crippen LogP contribution in [-0.4, -0.2) is 29.8 Å². The molecule has 0 aliphatic carbocycles. The van der Waals surface area contributed by atoms with Crippen LogP contribution in [0.4, 0.5) is 0 Å². The Morgan fingerprint density at radius 3 is 1.80 bits per heavy atom. The predicted molar refractivity (Wildman–Crippen MR) is 81.5 cm³/mol. The number of aryl methyl sites for hydroxylation is 1. The minimum Gasteiger partial charge on any atom is -0.247 e. The highest BCUT2D eigenvalue weighted by Gasteiger charge is 2.13. The molecular formula is C14H28N6. The molecule has 0 saturated heterocycles. The molecule has 6 heteroatoms. The van der Waals surface area contributed by atoms with Crippen molar-refractivity contribution < 1.29 is 1.37 Å². The molecule has 2 aromatic rings. The second-order valence-electron chi connectivity index (χ2n) is 6.37. The largest absolute Gasteiger partial charge is 0.247 e. The molecule has 0 fully saturated rings. The number of hydrogen-bond donors (Lipinski definition) is 0. The van der Waals surface area contributed by atoms with Gasteiger partial charge in [-0.1, -0.05) is 12.6 Å². The topological polar surface area (TPSA) is 61.4 Å². The SMILES string of the molecule is C.Cc1ncn(C(C)(C)C)n1.[2H]c1cn(C(C)(C)C)nn1. The van der Waals surface area contributed by atoms with Crippen molar-refractivity contribution >= 4 is 0 Å². The van der Waals surface area contributed by atoms with Crippen molar-refractivity contribution in [3.63, 3.8) is 0 Å². The summed E-state index contributed by atoms with van der Waals surface area (Å²) in [5.74, 6) is 0.829. The Morgan fingerprint density at radius 1 is 1.05 bits per heavy atom. The molecular weight excluding hydrogens is 252 g/mol. The summed E-state index contributed by atoms with van der Waals surface area (Å²) in [6, 6.07) is 0. The zero-order chi connectivity index (χ0) is 15.6. The minimum absolute atomic E-state index is 0. The fourth-order valence-electron chi connectivity index (χ4n) is 1.18. The molecule has 0 atom stereocenters. The van der Waals surface area contributed by atoms with Gasteiger partial charge in [-0.15, -0.1) is 5.10 Å². The summed E-state index contributed by atoms with van der Waals surface area (Å²) in [7, 11) is 0. The van der Waals surface area contributed by atoms with E-state index in [1.807, 2.05) is 32.4 Å². The Hall–Kier alpha value is -1.72. The van der Waals surface area contributed by atoms with Crippen LogP contribution in [0, 0.1) is 6.92 Å². The van der Waals surface area contributed by atoms with Gasteiger partial charge in [0.25, 0.3) is 0 Å². The van der Waals surface area contributed by atoms with Crippen LogP contribution in [0.5, 0.6) is 0 Å². The lowest BCUT2D eigenvalue weighted by atomic mass is 10.1. The highest BCUT2D eigenvalue weighted by Crippen LogP contribution is 2.10. The van der Waals surface area contributed by atoms with E-state index in [1.165, 1.54) is 0 Å². The second kappa shape index (κ2) is 6.63. The fraction of sp³-hybridized carbons (Fsp3) is 0.714. The van der Waals surface area contributed by atoms with Crippen LogP contribution in [0.15, 0.2) is 18.7 Å². The zero-order valence-electron chi connectivity index (χ0n) is 13.8. The second-order valence-corrected chi connectivity index (χ2v) is 6.37. The molecule has 0 radical (unpaired) electrons. The number of rotatable bonds is 0. The molecule has 2 rings (SSSR count). The fourth-order valence-corrected chi connectivity index (χ4v) is 1.18. The molecule has 0 unspecified atom stereocenters. The molecule has 2 heterocycles. The molecule has 0 saturated carbocycles. The summed E-state index contributed by atoms with van der Waals surface area (Å²) in [4.78, 5) is 4.03. The third-order valence-corrected chi connectivity index (χ3v) is 2.36.